The zero-order valence-corrected chi connectivity index (χ0v) is 12.5. The highest BCUT2D eigenvalue weighted by Gasteiger charge is 2.31. The van der Waals surface area contributed by atoms with Crippen molar-refractivity contribution in [3.05, 3.63) is 29.8 Å². The molecule has 1 saturated heterocycles. The SMILES string of the molecule is CC1CN(S(=O)(=O)c2ccc(CC#N)cc2)CC(C)N1. The molecule has 0 amide bonds. The molecule has 1 aliphatic rings. The van der Waals surface area contributed by atoms with Gasteiger partial charge in [0.1, 0.15) is 0 Å². The molecule has 0 radical (unpaired) electrons. The summed E-state index contributed by atoms with van der Waals surface area (Å²) in [5.41, 5.74) is 0.827. The fraction of sp³-hybridized carbons (Fsp3) is 0.500. The quantitative estimate of drug-likeness (QED) is 0.906. The number of hydrogen-bond donors (Lipinski definition) is 1. The molecule has 5 nitrogen and oxygen atoms in total. The number of nitrogens with zero attached hydrogens (tertiary/aromatic N) is 2. The summed E-state index contributed by atoms with van der Waals surface area (Å²) in [7, 11) is -3.45. The van der Waals surface area contributed by atoms with Gasteiger partial charge in [0.15, 0.2) is 0 Å². The number of rotatable bonds is 3. The van der Waals surface area contributed by atoms with Crippen LogP contribution in [0.15, 0.2) is 29.2 Å². The number of sulfonamides is 1. The third-order valence-corrected chi connectivity index (χ3v) is 5.21. The largest absolute Gasteiger partial charge is 0.309 e. The molecule has 0 saturated carbocycles. The van der Waals surface area contributed by atoms with Gasteiger partial charge in [-0.15, -0.1) is 0 Å². The van der Waals surface area contributed by atoms with Crippen LogP contribution in [0.2, 0.25) is 0 Å². The summed E-state index contributed by atoms with van der Waals surface area (Å²) in [5.74, 6) is 0. The molecule has 1 aromatic carbocycles. The molecule has 1 heterocycles. The van der Waals surface area contributed by atoms with Gasteiger partial charge in [-0.25, -0.2) is 8.42 Å². The molecule has 108 valence electrons. The van der Waals surface area contributed by atoms with Crippen LogP contribution < -0.4 is 5.32 Å². The van der Waals surface area contributed by atoms with Crippen molar-refractivity contribution in [3.63, 3.8) is 0 Å². The maximum Gasteiger partial charge on any atom is 0.243 e. The lowest BCUT2D eigenvalue weighted by Crippen LogP contribution is -2.55. The molecule has 0 spiro atoms. The second kappa shape index (κ2) is 5.92. The Balaban J connectivity index is 2.23. The molecular weight excluding hydrogens is 274 g/mol. The molecule has 1 N–H and O–H groups in total. The smallest absolute Gasteiger partial charge is 0.243 e. The van der Waals surface area contributed by atoms with Gasteiger partial charge in [-0.05, 0) is 31.5 Å². The normalized spacial score (nSPS) is 24.2. The van der Waals surface area contributed by atoms with Crippen molar-refractivity contribution in [2.24, 2.45) is 0 Å². The maximum absolute atomic E-state index is 12.6. The van der Waals surface area contributed by atoms with Gasteiger partial charge in [0.05, 0.1) is 17.4 Å². The van der Waals surface area contributed by atoms with Crippen molar-refractivity contribution in [1.82, 2.24) is 9.62 Å². The summed E-state index contributed by atoms with van der Waals surface area (Å²) in [6.07, 6.45) is 0.294. The van der Waals surface area contributed by atoms with Crippen LogP contribution in [-0.4, -0.2) is 37.9 Å². The minimum Gasteiger partial charge on any atom is -0.309 e. The second-order valence-corrected chi connectivity index (χ2v) is 7.21. The molecule has 2 unspecified atom stereocenters. The number of benzene rings is 1. The highest BCUT2D eigenvalue weighted by molar-refractivity contribution is 7.89. The van der Waals surface area contributed by atoms with E-state index in [2.05, 4.69) is 5.32 Å². The van der Waals surface area contributed by atoms with Crippen molar-refractivity contribution >= 4 is 10.0 Å². The van der Waals surface area contributed by atoms with Crippen molar-refractivity contribution in [1.29, 1.82) is 5.26 Å². The predicted molar refractivity (Wildman–Crippen MR) is 76.6 cm³/mol. The zero-order valence-electron chi connectivity index (χ0n) is 11.7. The average Bonchev–Trinajstić information content (AvgIpc) is 2.38. The van der Waals surface area contributed by atoms with Gasteiger partial charge in [-0.2, -0.15) is 9.57 Å². The van der Waals surface area contributed by atoms with Gasteiger partial charge < -0.3 is 5.32 Å². The summed E-state index contributed by atoms with van der Waals surface area (Å²) in [6, 6.07) is 8.90. The Morgan fingerprint density at radius 2 is 1.80 bits per heavy atom. The van der Waals surface area contributed by atoms with Crippen LogP contribution in [0.3, 0.4) is 0 Å². The summed E-state index contributed by atoms with van der Waals surface area (Å²) >= 11 is 0. The van der Waals surface area contributed by atoms with E-state index in [1.54, 1.807) is 24.3 Å². The predicted octanol–water partition coefficient (Wildman–Crippen LogP) is 1.12. The van der Waals surface area contributed by atoms with Crippen molar-refractivity contribution in [2.45, 2.75) is 37.2 Å². The summed E-state index contributed by atoms with van der Waals surface area (Å²) in [4.78, 5) is 0.292. The van der Waals surface area contributed by atoms with Crippen LogP contribution in [0.5, 0.6) is 0 Å². The van der Waals surface area contributed by atoms with Crippen molar-refractivity contribution < 1.29 is 8.42 Å². The van der Waals surface area contributed by atoms with Crippen LogP contribution >= 0.6 is 0 Å². The van der Waals surface area contributed by atoms with E-state index in [0.29, 0.717) is 24.4 Å². The Bertz CT molecular complexity index is 594. The van der Waals surface area contributed by atoms with Gasteiger partial charge >= 0.3 is 0 Å². The topological polar surface area (TPSA) is 73.2 Å². The first-order valence-electron chi connectivity index (χ1n) is 6.65. The van der Waals surface area contributed by atoms with Gasteiger partial charge in [0.2, 0.25) is 10.0 Å². The lowest BCUT2D eigenvalue weighted by molar-refractivity contribution is 0.263. The van der Waals surface area contributed by atoms with Crippen LogP contribution in [0.4, 0.5) is 0 Å². The number of piperazine rings is 1. The molecule has 1 aliphatic heterocycles. The van der Waals surface area contributed by atoms with E-state index in [0.717, 1.165) is 5.56 Å². The molecule has 0 bridgehead atoms. The summed E-state index contributed by atoms with van der Waals surface area (Å²) in [5, 5.41) is 11.9. The molecule has 20 heavy (non-hydrogen) atoms. The summed E-state index contributed by atoms with van der Waals surface area (Å²) < 4.78 is 26.7. The van der Waals surface area contributed by atoms with E-state index in [4.69, 9.17) is 5.26 Å². The molecule has 6 heteroatoms. The molecule has 0 aliphatic carbocycles. The minimum atomic E-state index is -3.45. The fourth-order valence-electron chi connectivity index (χ4n) is 2.49. The molecular formula is C14H19N3O2S. The maximum atomic E-state index is 12.6. The monoisotopic (exact) mass is 293 g/mol. The lowest BCUT2D eigenvalue weighted by atomic mass is 10.2. The molecule has 1 fully saturated rings. The Labute approximate surface area is 120 Å². The van der Waals surface area contributed by atoms with Crippen molar-refractivity contribution in [3.8, 4) is 6.07 Å². The van der Waals surface area contributed by atoms with Gasteiger partial charge in [0.25, 0.3) is 0 Å². The van der Waals surface area contributed by atoms with Gasteiger partial charge in [0, 0.05) is 25.2 Å². The standard InChI is InChI=1S/C14H19N3O2S/c1-11-9-17(10-12(2)16-11)20(18,19)14-5-3-13(4-6-14)7-8-15/h3-6,11-12,16H,7,9-10H2,1-2H3. The Hall–Kier alpha value is -1.42. The molecule has 2 atom stereocenters. The van der Waals surface area contributed by atoms with Crippen LogP contribution in [0.1, 0.15) is 19.4 Å². The van der Waals surface area contributed by atoms with Crippen LogP contribution in [0.25, 0.3) is 0 Å². The third-order valence-electron chi connectivity index (χ3n) is 3.37. The first kappa shape index (κ1) is 15.0. The van der Waals surface area contributed by atoms with Crippen LogP contribution in [-0.2, 0) is 16.4 Å². The average molecular weight is 293 g/mol. The molecule has 0 aromatic heterocycles. The minimum absolute atomic E-state index is 0.145. The number of hydrogen-bond acceptors (Lipinski definition) is 4. The van der Waals surface area contributed by atoms with E-state index in [9.17, 15) is 8.42 Å². The van der Waals surface area contributed by atoms with Crippen LogP contribution in [0, 0.1) is 11.3 Å². The van der Waals surface area contributed by atoms with E-state index in [1.165, 1.54) is 4.31 Å². The van der Waals surface area contributed by atoms with Crippen molar-refractivity contribution in [2.75, 3.05) is 13.1 Å². The number of nitrogens with one attached hydrogen (secondary N) is 1. The fourth-order valence-corrected chi connectivity index (χ4v) is 4.11. The third kappa shape index (κ3) is 3.18. The summed E-state index contributed by atoms with van der Waals surface area (Å²) in [6.45, 7) is 4.92. The zero-order chi connectivity index (χ0) is 14.8. The van der Waals surface area contributed by atoms with E-state index >= 15 is 0 Å². The van der Waals surface area contributed by atoms with E-state index in [1.807, 2.05) is 19.9 Å². The van der Waals surface area contributed by atoms with E-state index in [-0.39, 0.29) is 12.1 Å². The van der Waals surface area contributed by atoms with Gasteiger partial charge in [-0.3, -0.25) is 0 Å². The first-order chi connectivity index (χ1) is 9.43. The first-order valence-corrected chi connectivity index (χ1v) is 8.09. The number of nitriles is 1. The Morgan fingerprint density at radius 1 is 1.25 bits per heavy atom. The Morgan fingerprint density at radius 3 is 2.30 bits per heavy atom. The van der Waals surface area contributed by atoms with Gasteiger partial charge in [-0.1, -0.05) is 12.1 Å². The molecule has 1 aromatic rings. The highest BCUT2D eigenvalue weighted by Crippen LogP contribution is 2.19. The molecule has 2 rings (SSSR count). The highest BCUT2D eigenvalue weighted by atomic mass is 32.2. The van der Waals surface area contributed by atoms with E-state index < -0.39 is 10.0 Å². The second-order valence-electron chi connectivity index (χ2n) is 5.27. The lowest BCUT2D eigenvalue weighted by Gasteiger charge is -2.35. The Kier molecular flexibility index (Phi) is 4.43.